The Balaban J connectivity index is 2.81. The summed E-state index contributed by atoms with van der Waals surface area (Å²) in [6.45, 7) is 9.16. The van der Waals surface area contributed by atoms with Gasteiger partial charge in [0.15, 0.2) is 0 Å². The van der Waals surface area contributed by atoms with Crippen molar-refractivity contribution in [2.45, 2.75) is 19.9 Å². The second kappa shape index (κ2) is 5.12. The molecule has 1 atom stereocenters. The molecular weight excluding hydrogens is 293 g/mol. The van der Waals surface area contributed by atoms with E-state index in [4.69, 9.17) is 0 Å². The third-order valence-corrected chi connectivity index (χ3v) is 3.63. The van der Waals surface area contributed by atoms with Crippen molar-refractivity contribution in [2.75, 3.05) is 6.54 Å². The van der Waals surface area contributed by atoms with E-state index in [1.807, 2.05) is 0 Å². The maximum absolute atomic E-state index is 4.00. The first kappa shape index (κ1) is 11.2. The van der Waals surface area contributed by atoms with Crippen LogP contribution in [0.1, 0.15) is 25.5 Å². The summed E-state index contributed by atoms with van der Waals surface area (Å²) in [5.74, 6) is 0. The van der Waals surface area contributed by atoms with Crippen LogP contribution in [0.5, 0.6) is 0 Å². The molecule has 72 valence electrons. The van der Waals surface area contributed by atoms with Crippen molar-refractivity contribution in [1.82, 2.24) is 5.32 Å². The summed E-state index contributed by atoms with van der Waals surface area (Å²) in [6, 6.07) is 2.54. The van der Waals surface area contributed by atoms with Crippen LogP contribution in [0.2, 0.25) is 0 Å². The summed E-state index contributed by atoms with van der Waals surface area (Å²) in [7, 11) is 0. The van der Waals surface area contributed by atoms with Gasteiger partial charge in [-0.1, -0.05) is 19.1 Å². The van der Waals surface area contributed by atoms with Crippen LogP contribution in [0, 0.1) is 2.88 Å². The molecule has 1 nitrogen and oxygen atoms in total. The predicted molar refractivity (Wildman–Crippen MR) is 68.3 cm³/mol. The Labute approximate surface area is 97.4 Å². The van der Waals surface area contributed by atoms with Crippen LogP contribution >= 0.6 is 33.9 Å². The first-order valence-electron chi connectivity index (χ1n) is 4.28. The van der Waals surface area contributed by atoms with Crippen LogP contribution in [0.25, 0.3) is 0 Å². The third kappa shape index (κ3) is 3.07. The van der Waals surface area contributed by atoms with Crippen LogP contribution in [0.3, 0.4) is 0 Å². The van der Waals surface area contributed by atoms with Crippen molar-refractivity contribution in [3.8, 4) is 0 Å². The fraction of sp³-hybridized carbons (Fsp3) is 0.400. The summed E-state index contributed by atoms with van der Waals surface area (Å²) in [6.07, 6.45) is 0. The van der Waals surface area contributed by atoms with Gasteiger partial charge in [-0.25, -0.2) is 0 Å². The molecule has 1 N–H and O–H groups in total. The van der Waals surface area contributed by atoms with Gasteiger partial charge in [0.2, 0.25) is 0 Å². The maximum atomic E-state index is 4.00. The van der Waals surface area contributed by atoms with Crippen molar-refractivity contribution in [1.29, 1.82) is 0 Å². The minimum atomic E-state index is 0.324. The monoisotopic (exact) mass is 307 g/mol. The number of rotatable bonds is 4. The minimum Gasteiger partial charge on any atom is -0.307 e. The zero-order chi connectivity index (χ0) is 9.84. The van der Waals surface area contributed by atoms with E-state index < -0.39 is 0 Å². The molecule has 1 heterocycles. The number of likely N-dealkylation sites (N-methyl/N-ethyl adjacent to an activating group) is 1. The van der Waals surface area contributed by atoms with Crippen LogP contribution < -0.4 is 5.32 Å². The zero-order valence-corrected chi connectivity index (χ0v) is 10.9. The highest BCUT2D eigenvalue weighted by Crippen LogP contribution is 2.26. The molecule has 0 aliphatic heterocycles. The summed E-state index contributed by atoms with van der Waals surface area (Å²) in [5, 5.41) is 5.61. The molecule has 0 aliphatic carbocycles. The van der Waals surface area contributed by atoms with Gasteiger partial charge in [0.25, 0.3) is 0 Å². The van der Waals surface area contributed by atoms with Crippen molar-refractivity contribution in [3.05, 3.63) is 32.0 Å². The molecule has 13 heavy (non-hydrogen) atoms. The number of thiophene rings is 1. The molecule has 3 heteroatoms. The molecule has 0 radical (unpaired) electrons. The van der Waals surface area contributed by atoms with Gasteiger partial charge in [-0.2, -0.15) is 0 Å². The quantitative estimate of drug-likeness (QED) is 0.662. The SMILES string of the molecule is C=C(C)C(NCC)c1csc(I)c1. The number of hydrogen-bond donors (Lipinski definition) is 1. The second-order valence-electron chi connectivity index (χ2n) is 3.02. The molecule has 1 unspecified atom stereocenters. The van der Waals surface area contributed by atoms with E-state index in [1.54, 1.807) is 11.3 Å². The molecule has 1 aromatic heterocycles. The van der Waals surface area contributed by atoms with E-state index >= 15 is 0 Å². The molecule has 0 saturated heterocycles. The normalized spacial score (nSPS) is 12.8. The smallest absolute Gasteiger partial charge is 0.0656 e. The molecular formula is C10H14INS. The molecule has 1 aromatic rings. The van der Waals surface area contributed by atoms with Gasteiger partial charge < -0.3 is 5.32 Å². The van der Waals surface area contributed by atoms with Crippen LogP contribution in [0.4, 0.5) is 0 Å². The van der Waals surface area contributed by atoms with Crippen molar-refractivity contribution < 1.29 is 0 Å². The third-order valence-electron chi connectivity index (χ3n) is 1.82. The molecule has 0 bridgehead atoms. The molecule has 0 spiro atoms. The van der Waals surface area contributed by atoms with E-state index in [1.165, 1.54) is 14.0 Å². The highest BCUT2D eigenvalue weighted by molar-refractivity contribution is 14.1. The van der Waals surface area contributed by atoms with Gasteiger partial charge >= 0.3 is 0 Å². The molecule has 0 aliphatic rings. The first-order valence-corrected chi connectivity index (χ1v) is 6.23. The number of nitrogens with one attached hydrogen (secondary N) is 1. The molecule has 0 amide bonds. The average Bonchev–Trinajstić information content (AvgIpc) is 2.46. The second-order valence-corrected chi connectivity index (χ2v) is 5.83. The minimum absolute atomic E-state index is 0.324. The summed E-state index contributed by atoms with van der Waals surface area (Å²) < 4.78 is 1.33. The Kier molecular flexibility index (Phi) is 4.41. The van der Waals surface area contributed by atoms with E-state index in [2.05, 4.69) is 59.8 Å². The molecule has 0 fully saturated rings. The number of halogens is 1. The van der Waals surface area contributed by atoms with Gasteiger partial charge in [0.1, 0.15) is 0 Å². The van der Waals surface area contributed by atoms with Crippen molar-refractivity contribution >= 4 is 33.9 Å². The standard InChI is InChI=1S/C10H14INS/c1-4-12-10(7(2)3)8-5-9(11)13-6-8/h5-6,10,12H,2,4H2,1,3H3. The van der Waals surface area contributed by atoms with Crippen molar-refractivity contribution in [3.63, 3.8) is 0 Å². The fourth-order valence-corrected chi connectivity index (χ4v) is 2.65. The lowest BCUT2D eigenvalue weighted by Gasteiger charge is -2.16. The Bertz CT molecular complexity index is 293. The molecule has 0 aromatic carbocycles. The van der Waals surface area contributed by atoms with E-state index in [-0.39, 0.29) is 0 Å². The van der Waals surface area contributed by atoms with E-state index in [9.17, 15) is 0 Å². The van der Waals surface area contributed by atoms with Crippen LogP contribution in [-0.4, -0.2) is 6.54 Å². The lowest BCUT2D eigenvalue weighted by molar-refractivity contribution is 0.623. The largest absolute Gasteiger partial charge is 0.307 e. The topological polar surface area (TPSA) is 12.0 Å². The van der Waals surface area contributed by atoms with Gasteiger partial charge in [0, 0.05) is 0 Å². The van der Waals surface area contributed by atoms with E-state index in [0.29, 0.717) is 6.04 Å². The highest BCUT2D eigenvalue weighted by atomic mass is 127. The molecule has 0 saturated carbocycles. The summed E-state index contributed by atoms with van der Waals surface area (Å²) in [4.78, 5) is 0. The lowest BCUT2D eigenvalue weighted by Crippen LogP contribution is -2.20. The van der Waals surface area contributed by atoms with Gasteiger partial charge in [-0.15, -0.1) is 11.3 Å². The number of hydrogen-bond acceptors (Lipinski definition) is 2. The van der Waals surface area contributed by atoms with Gasteiger partial charge in [-0.05, 0) is 53.1 Å². The zero-order valence-electron chi connectivity index (χ0n) is 7.93. The predicted octanol–water partition coefficient (Wildman–Crippen LogP) is 3.58. The molecule has 1 rings (SSSR count). The fourth-order valence-electron chi connectivity index (χ4n) is 1.26. The average molecular weight is 307 g/mol. The maximum Gasteiger partial charge on any atom is 0.0656 e. The Hall–Kier alpha value is 0.130. The van der Waals surface area contributed by atoms with E-state index in [0.717, 1.165) is 6.54 Å². The Morgan fingerprint density at radius 3 is 2.85 bits per heavy atom. The Morgan fingerprint density at radius 2 is 2.46 bits per heavy atom. The Morgan fingerprint density at radius 1 is 1.77 bits per heavy atom. The first-order chi connectivity index (χ1) is 6.15. The van der Waals surface area contributed by atoms with Crippen LogP contribution in [-0.2, 0) is 0 Å². The van der Waals surface area contributed by atoms with Gasteiger partial charge in [0.05, 0.1) is 8.93 Å². The van der Waals surface area contributed by atoms with Crippen LogP contribution in [0.15, 0.2) is 23.6 Å². The lowest BCUT2D eigenvalue weighted by atomic mass is 10.0. The highest BCUT2D eigenvalue weighted by Gasteiger charge is 2.11. The van der Waals surface area contributed by atoms with Gasteiger partial charge in [-0.3, -0.25) is 0 Å². The van der Waals surface area contributed by atoms with Crippen molar-refractivity contribution in [2.24, 2.45) is 0 Å². The summed E-state index contributed by atoms with van der Waals surface area (Å²) in [5.41, 5.74) is 2.51. The summed E-state index contributed by atoms with van der Waals surface area (Å²) >= 11 is 4.13.